The van der Waals surface area contributed by atoms with Crippen molar-refractivity contribution in [3.05, 3.63) is 23.8 Å². The Labute approximate surface area is 81.3 Å². The minimum absolute atomic E-state index is 0.0871. The van der Waals surface area contributed by atoms with Gasteiger partial charge in [-0.2, -0.15) is 5.26 Å². The number of ether oxygens (including phenoxy) is 2. The van der Waals surface area contributed by atoms with Gasteiger partial charge in [0.15, 0.2) is 17.6 Å². The average Bonchev–Trinajstić information content (AvgIpc) is 2.27. The van der Waals surface area contributed by atoms with Crippen molar-refractivity contribution in [2.45, 2.75) is 6.10 Å². The molecule has 1 aromatic carbocycles. The number of nitrogens with zero attached hydrogens (tertiary/aromatic N) is 1. The maximum absolute atomic E-state index is 8.87. The zero-order valence-corrected chi connectivity index (χ0v) is 7.43. The molecule has 0 saturated heterocycles. The molecular weight excluding hydrogens is 182 g/mol. The topological polar surface area (TPSA) is 62.5 Å². The van der Waals surface area contributed by atoms with Gasteiger partial charge in [-0.1, -0.05) is 0 Å². The first-order valence-electron chi connectivity index (χ1n) is 4.28. The third-order valence-corrected chi connectivity index (χ3v) is 1.99. The smallest absolute Gasteiger partial charge is 0.163 e. The zero-order chi connectivity index (χ0) is 9.97. The molecule has 1 N–H and O–H groups in total. The van der Waals surface area contributed by atoms with E-state index < -0.39 is 0 Å². The zero-order valence-electron chi connectivity index (χ0n) is 7.43. The largest absolute Gasteiger partial charge is 0.486 e. The molecule has 4 heteroatoms. The summed E-state index contributed by atoms with van der Waals surface area (Å²) < 4.78 is 10.7. The number of aliphatic hydroxyl groups excluding tert-OH is 1. The van der Waals surface area contributed by atoms with E-state index >= 15 is 0 Å². The van der Waals surface area contributed by atoms with E-state index in [1.54, 1.807) is 18.2 Å². The predicted molar refractivity (Wildman–Crippen MR) is 48.2 cm³/mol. The molecule has 0 spiro atoms. The number of hydrogen-bond donors (Lipinski definition) is 1. The van der Waals surface area contributed by atoms with Crippen molar-refractivity contribution < 1.29 is 14.6 Å². The number of nitriles is 1. The Morgan fingerprint density at radius 2 is 2.36 bits per heavy atom. The molecule has 72 valence electrons. The summed E-state index contributed by atoms with van der Waals surface area (Å²) in [4.78, 5) is 0. The van der Waals surface area contributed by atoms with Crippen molar-refractivity contribution in [2.75, 3.05) is 13.2 Å². The summed E-state index contributed by atoms with van der Waals surface area (Å²) in [5.74, 6) is 1.14. The summed E-state index contributed by atoms with van der Waals surface area (Å²) in [5.41, 5.74) is 0.519. The molecule has 1 heterocycles. The molecule has 0 aromatic heterocycles. The number of hydrogen-bond acceptors (Lipinski definition) is 4. The standard InChI is InChI=1S/C10H9NO3/c11-4-7-1-2-9-10(3-7)14-8(5-12)6-13-9/h1-3,8,12H,5-6H2/t8-/m1/s1. The van der Waals surface area contributed by atoms with Crippen LogP contribution in [-0.4, -0.2) is 24.4 Å². The highest BCUT2D eigenvalue weighted by atomic mass is 16.6. The van der Waals surface area contributed by atoms with Crippen molar-refractivity contribution >= 4 is 0 Å². The first kappa shape index (κ1) is 8.85. The van der Waals surface area contributed by atoms with Crippen molar-refractivity contribution in [3.8, 4) is 17.6 Å². The molecule has 0 bridgehead atoms. The van der Waals surface area contributed by atoms with Crippen LogP contribution in [0.3, 0.4) is 0 Å². The Morgan fingerprint density at radius 1 is 1.50 bits per heavy atom. The second kappa shape index (κ2) is 3.56. The maximum atomic E-state index is 8.87. The van der Waals surface area contributed by atoms with Gasteiger partial charge in [-0.15, -0.1) is 0 Å². The van der Waals surface area contributed by atoms with Gasteiger partial charge in [0.05, 0.1) is 18.2 Å². The Kier molecular flexibility index (Phi) is 2.25. The maximum Gasteiger partial charge on any atom is 0.163 e. The van der Waals surface area contributed by atoms with Crippen LogP contribution < -0.4 is 9.47 Å². The van der Waals surface area contributed by atoms with Crippen LogP contribution in [0.1, 0.15) is 5.56 Å². The molecule has 1 aliphatic rings. The van der Waals surface area contributed by atoms with Crippen LogP contribution in [0.4, 0.5) is 0 Å². The van der Waals surface area contributed by atoms with E-state index in [-0.39, 0.29) is 12.7 Å². The van der Waals surface area contributed by atoms with E-state index in [1.807, 2.05) is 6.07 Å². The summed E-state index contributed by atoms with van der Waals surface area (Å²) in [6, 6.07) is 6.98. The van der Waals surface area contributed by atoms with Gasteiger partial charge in [0.25, 0.3) is 0 Å². The van der Waals surface area contributed by atoms with E-state index in [0.29, 0.717) is 23.7 Å². The quantitative estimate of drug-likeness (QED) is 0.709. The van der Waals surface area contributed by atoms with Crippen LogP contribution in [0.15, 0.2) is 18.2 Å². The monoisotopic (exact) mass is 191 g/mol. The molecule has 0 saturated carbocycles. The van der Waals surface area contributed by atoms with E-state index in [9.17, 15) is 0 Å². The van der Waals surface area contributed by atoms with Crippen molar-refractivity contribution in [3.63, 3.8) is 0 Å². The lowest BCUT2D eigenvalue weighted by Crippen LogP contribution is -2.32. The van der Waals surface area contributed by atoms with Crippen molar-refractivity contribution in [1.29, 1.82) is 5.26 Å². The Hall–Kier alpha value is -1.73. The average molecular weight is 191 g/mol. The van der Waals surface area contributed by atoms with Crippen molar-refractivity contribution in [1.82, 2.24) is 0 Å². The fourth-order valence-electron chi connectivity index (χ4n) is 1.28. The molecule has 0 aliphatic carbocycles. The Balaban J connectivity index is 2.31. The molecule has 1 aromatic rings. The second-order valence-electron chi connectivity index (χ2n) is 3.01. The van der Waals surface area contributed by atoms with Crippen LogP contribution in [0.5, 0.6) is 11.5 Å². The van der Waals surface area contributed by atoms with Crippen LogP contribution in [0.25, 0.3) is 0 Å². The third kappa shape index (κ3) is 1.50. The Bertz CT molecular complexity index is 383. The lowest BCUT2D eigenvalue weighted by Gasteiger charge is -2.24. The van der Waals surface area contributed by atoms with E-state index in [1.165, 1.54) is 0 Å². The fourth-order valence-corrected chi connectivity index (χ4v) is 1.28. The molecule has 0 radical (unpaired) electrons. The predicted octanol–water partition coefficient (Wildman–Crippen LogP) is 0.690. The number of fused-ring (bicyclic) bond motifs is 1. The van der Waals surface area contributed by atoms with Gasteiger partial charge in [0.1, 0.15) is 6.61 Å². The first-order chi connectivity index (χ1) is 6.83. The number of rotatable bonds is 1. The summed E-state index contributed by atoms with van der Waals surface area (Å²) in [7, 11) is 0. The molecule has 0 unspecified atom stereocenters. The third-order valence-electron chi connectivity index (χ3n) is 1.99. The lowest BCUT2D eigenvalue weighted by molar-refractivity contribution is 0.0456. The van der Waals surface area contributed by atoms with Gasteiger partial charge in [-0.25, -0.2) is 0 Å². The Morgan fingerprint density at radius 3 is 3.07 bits per heavy atom. The summed E-state index contributed by atoms with van der Waals surface area (Å²) in [5, 5.41) is 17.5. The molecule has 0 fully saturated rings. The van der Waals surface area contributed by atoms with Crippen LogP contribution in [-0.2, 0) is 0 Å². The highest BCUT2D eigenvalue weighted by Gasteiger charge is 2.20. The molecule has 4 nitrogen and oxygen atoms in total. The lowest BCUT2D eigenvalue weighted by atomic mass is 10.2. The van der Waals surface area contributed by atoms with E-state index in [0.717, 1.165) is 0 Å². The van der Waals surface area contributed by atoms with Crippen molar-refractivity contribution in [2.24, 2.45) is 0 Å². The van der Waals surface area contributed by atoms with Crippen LogP contribution >= 0.6 is 0 Å². The minimum atomic E-state index is -0.337. The van der Waals surface area contributed by atoms with Gasteiger partial charge >= 0.3 is 0 Å². The van der Waals surface area contributed by atoms with Gasteiger partial charge in [-0.3, -0.25) is 0 Å². The van der Waals surface area contributed by atoms with Gasteiger partial charge in [0.2, 0.25) is 0 Å². The molecule has 1 atom stereocenters. The van der Waals surface area contributed by atoms with Gasteiger partial charge in [0, 0.05) is 6.07 Å². The van der Waals surface area contributed by atoms with Gasteiger partial charge in [-0.05, 0) is 12.1 Å². The summed E-state index contributed by atoms with van der Waals surface area (Å²) >= 11 is 0. The highest BCUT2D eigenvalue weighted by molar-refractivity contribution is 5.47. The SMILES string of the molecule is N#Cc1ccc2c(c1)O[C@H](CO)CO2. The number of benzene rings is 1. The fraction of sp³-hybridized carbons (Fsp3) is 0.300. The van der Waals surface area contributed by atoms with Gasteiger partial charge < -0.3 is 14.6 Å². The molecule has 1 aliphatic heterocycles. The molecule has 0 amide bonds. The first-order valence-corrected chi connectivity index (χ1v) is 4.28. The second-order valence-corrected chi connectivity index (χ2v) is 3.01. The summed E-state index contributed by atoms with van der Waals surface area (Å²) in [6.45, 7) is 0.256. The molecule has 14 heavy (non-hydrogen) atoms. The van der Waals surface area contributed by atoms with E-state index in [4.69, 9.17) is 19.8 Å². The van der Waals surface area contributed by atoms with Crippen LogP contribution in [0, 0.1) is 11.3 Å². The van der Waals surface area contributed by atoms with Crippen LogP contribution in [0.2, 0.25) is 0 Å². The molecular formula is C10H9NO3. The number of aliphatic hydroxyl groups is 1. The summed E-state index contributed by atoms with van der Waals surface area (Å²) in [6.07, 6.45) is -0.337. The minimum Gasteiger partial charge on any atom is -0.486 e. The normalized spacial score (nSPS) is 18.7. The van der Waals surface area contributed by atoms with E-state index in [2.05, 4.69) is 0 Å². The molecule has 2 rings (SSSR count). The highest BCUT2D eigenvalue weighted by Crippen LogP contribution is 2.32.